The van der Waals surface area contributed by atoms with E-state index in [-0.39, 0.29) is 12.0 Å². The predicted molar refractivity (Wildman–Crippen MR) is 72.7 cm³/mol. The number of hydrogen-bond donors (Lipinski definition) is 1. The van der Waals surface area contributed by atoms with Gasteiger partial charge in [-0.15, -0.1) is 0 Å². The number of hydrogen-bond acceptors (Lipinski definition) is 5. The molecule has 1 aromatic heterocycles. The van der Waals surface area contributed by atoms with E-state index in [9.17, 15) is 4.79 Å². The maximum atomic E-state index is 12.0. The largest absolute Gasteiger partial charge is 0.490 e. The highest BCUT2D eigenvalue weighted by molar-refractivity contribution is 5.85. The summed E-state index contributed by atoms with van der Waals surface area (Å²) in [6.45, 7) is 4.86. The minimum atomic E-state index is -0.134. The highest BCUT2D eigenvalue weighted by atomic mass is 16.5. The lowest BCUT2D eigenvalue weighted by atomic mass is 10.2. The molecule has 102 valence electrons. The van der Waals surface area contributed by atoms with E-state index in [4.69, 9.17) is 19.6 Å². The SMILES string of the molecule is CCOc1ccc2c(=O)cc(CN)oc2c1OCC. The molecule has 0 saturated carbocycles. The number of rotatable bonds is 5. The molecule has 0 saturated heterocycles. The van der Waals surface area contributed by atoms with Crippen molar-refractivity contribution in [2.75, 3.05) is 13.2 Å². The molecule has 0 aliphatic rings. The third-order valence-electron chi connectivity index (χ3n) is 2.66. The van der Waals surface area contributed by atoms with Crippen molar-refractivity contribution in [2.45, 2.75) is 20.4 Å². The van der Waals surface area contributed by atoms with Gasteiger partial charge in [-0.3, -0.25) is 4.79 Å². The van der Waals surface area contributed by atoms with Crippen LogP contribution in [0.15, 0.2) is 27.4 Å². The van der Waals surface area contributed by atoms with Crippen LogP contribution in [-0.4, -0.2) is 13.2 Å². The molecule has 0 atom stereocenters. The van der Waals surface area contributed by atoms with Gasteiger partial charge < -0.3 is 19.6 Å². The van der Waals surface area contributed by atoms with E-state index in [1.165, 1.54) is 6.07 Å². The Morgan fingerprint density at radius 3 is 2.58 bits per heavy atom. The number of ether oxygens (including phenoxy) is 2. The van der Waals surface area contributed by atoms with Crippen molar-refractivity contribution in [1.29, 1.82) is 0 Å². The summed E-state index contributed by atoms with van der Waals surface area (Å²) in [7, 11) is 0. The first kappa shape index (κ1) is 13.4. The zero-order valence-electron chi connectivity index (χ0n) is 11.1. The maximum Gasteiger partial charge on any atom is 0.204 e. The zero-order chi connectivity index (χ0) is 13.8. The molecule has 1 heterocycles. The van der Waals surface area contributed by atoms with Crippen LogP contribution in [0.25, 0.3) is 11.0 Å². The second-order valence-corrected chi connectivity index (χ2v) is 3.92. The van der Waals surface area contributed by atoms with Crippen LogP contribution in [0.2, 0.25) is 0 Å². The van der Waals surface area contributed by atoms with Crippen LogP contribution in [0.3, 0.4) is 0 Å². The van der Waals surface area contributed by atoms with E-state index in [0.717, 1.165) is 0 Å². The van der Waals surface area contributed by atoms with Gasteiger partial charge in [0.05, 0.1) is 25.1 Å². The fraction of sp³-hybridized carbons (Fsp3) is 0.357. The monoisotopic (exact) mass is 263 g/mol. The highest BCUT2D eigenvalue weighted by Crippen LogP contribution is 2.35. The second kappa shape index (κ2) is 5.75. The molecule has 5 heteroatoms. The Morgan fingerprint density at radius 1 is 1.21 bits per heavy atom. The molecule has 2 aromatic rings. The first-order chi connectivity index (χ1) is 9.21. The summed E-state index contributed by atoms with van der Waals surface area (Å²) < 4.78 is 16.7. The summed E-state index contributed by atoms with van der Waals surface area (Å²) in [6, 6.07) is 4.79. The predicted octanol–water partition coefficient (Wildman–Crippen LogP) is 2.05. The molecular weight excluding hydrogens is 246 g/mol. The van der Waals surface area contributed by atoms with Gasteiger partial charge in [0, 0.05) is 6.07 Å². The van der Waals surface area contributed by atoms with Crippen molar-refractivity contribution in [2.24, 2.45) is 5.73 Å². The van der Waals surface area contributed by atoms with Gasteiger partial charge >= 0.3 is 0 Å². The van der Waals surface area contributed by atoms with Crippen molar-refractivity contribution in [3.8, 4) is 11.5 Å². The molecule has 0 aliphatic carbocycles. The molecular formula is C14H17NO4. The van der Waals surface area contributed by atoms with Gasteiger partial charge in [0.1, 0.15) is 5.76 Å². The minimum absolute atomic E-state index is 0.134. The van der Waals surface area contributed by atoms with E-state index in [1.807, 2.05) is 13.8 Å². The van der Waals surface area contributed by atoms with Gasteiger partial charge in [-0.2, -0.15) is 0 Å². The van der Waals surface area contributed by atoms with Crippen LogP contribution in [0, 0.1) is 0 Å². The Hall–Kier alpha value is -2.01. The van der Waals surface area contributed by atoms with Crippen molar-refractivity contribution >= 4 is 11.0 Å². The van der Waals surface area contributed by atoms with Gasteiger partial charge in [0.25, 0.3) is 0 Å². The molecule has 0 amide bonds. The topological polar surface area (TPSA) is 74.7 Å². The molecule has 0 bridgehead atoms. The molecule has 1 aromatic carbocycles. The van der Waals surface area contributed by atoms with Crippen LogP contribution in [0.1, 0.15) is 19.6 Å². The molecule has 5 nitrogen and oxygen atoms in total. The summed E-state index contributed by atoms with van der Waals surface area (Å²) in [5, 5.41) is 0.462. The second-order valence-electron chi connectivity index (χ2n) is 3.92. The third-order valence-corrected chi connectivity index (χ3v) is 2.66. The van der Waals surface area contributed by atoms with E-state index >= 15 is 0 Å². The Balaban J connectivity index is 2.74. The zero-order valence-corrected chi connectivity index (χ0v) is 11.1. The summed E-state index contributed by atoms with van der Waals surface area (Å²) in [6.07, 6.45) is 0. The van der Waals surface area contributed by atoms with Crippen LogP contribution in [-0.2, 0) is 6.54 Å². The van der Waals surface area contributed by atoms with Crippen molar-refractivity contribution < 1.29 is 13.9 Å². The van der Waals surface area contributed by atoms with Gasteiger partial charge in [-0.05, 0) is 26.0 Å². The molecule has 2 rings (SSSR count). The van der Waals surface area contributed by atoms with E-state index in [2.05, 4.69) is 0 Å². The lowest BCUT2D eigenvalue weighted by molar-refractivity contribution is 0.286. The Labute approximate surface area is 110 Å². The summed E-state index contributed by atoms with van der Waals surface area (Å²) in [4.78, 5) is 12.0. The quantitative estimate of drug-likeness (QED) is 0.893. The number of fused-ring (bicyclic) bond motifs is 1. The minimum Gasteiger partial charge on any atom is -0.490 e. The normalized spacial score (nSPS) is 10.7. The fourth-order valence-electron chi connectivity index (χ4n) is 1.88. The maximum absolute atomic E-state index is 12.0. The summed E-state index contributed by atoms with van der Waals surface area (Å²) in [5.74, 6) is 1.44. The summed E-state index contributed by atoms with van der Waals surface area (Å²) in [5.41, 5.74) is 5.78. The lowest BCUT2D eigenvalue weighted by Gasteiger charge is -2.12. The van der Waals surface area contributed by atoms with Gasteiger partial charge in [0.15, 0.2) is 16.8 Å². The van der Waals surface area contributed by atoms with Crippen molar-refractivity contribution in [3.63, 3.8) is 0 Å². The van der Waals surface area contributed by atoms with E-state index in [1.54, 1.807) is 12.1 Å². The number of nitrogens with two attached hydrogens (primary N) is 1. The molecule has 0 radical (unpaired) electrons. The van der Waals surface area contributed by atoms with E-state index in [0.29, 0.717) is 41.4 Å². The molecule has 0 spiro atoms. The average Bonchev–Trinajstić information content (AvgIpc) is 2.41. The average molecular weight is 263 g/mol. The highest BCUT2D eigenvalue weighted by Gasteiger charge is 2.15. The molecule has 2 N–H and O–H groups in total. The molecule has 0 aliphatic heterocycles. The molecule has 19 heavy (non-hydrogen) atoms. The van der Waals surface area contributed by atoms with Crippen LogP contribution < -0.4 is 20.6 Å². The van der Waals surface area contributed by atoms with Gasteiger partial charge in [0.2, 0.25) is 5.75 Å². The van der Waals surface area contributed by atoms with Crippen molar-refractivity contribution in [3.05, 3.63) is 34.2 Å². The van der Waals surface area contributed by atoms with Crippen LogP contribution in [0.4, 0.5) is 0 Å². The Kier molecular flexibility index (Phi) is 4.06. The first-order valence-electron chi connectivity index (χ1n) is 6.26. The molecule has 0 fully saturated rings. The smallest absolute Gasteiger partial charge is 0.204 e. The lowest BCUT2D eigenvalue weighted by Crippen LogP contribution is -2.07. The van der Waals surface area contributed by atoms with Crippen LogP contribution >= 0.6 is 0 Å². The Bertz CT molecular complexity index is 633. The van der Waals surface area contributed by atoms with Gasteiger partial charge in [-0.25, -0.2) is 0 Å². The standard InChI is InChI=1S/C14H17NO4/c1-3-17-12-6-5-10-11(16)7-9(8-15)19-13(10)14(12)18-4-2/h5-7H,3-4,8,15H2,1-2H3. The Morgan fingerprint density at radius 2 is 1.95 bits per heavy atom. The van der Waals surface area contributed by atoms with Crippen LogP contribution in [0.5, 0.6) is 11.5 Å². The van der Waals surface area contributed by atoms with Crippen molar-refractivity contribution in [1.82, 2.24) is 0 Å². The van der Waals surface area contributed by atoms with Gasteiger partial charge in [-0.1, -0.05) is 0 Å². The third kappa shape index (κ3) is 2.56. The number of benzene rings is 1. The summed E-state index contributed by atoms with van der Waals surface area (Å²) >= 11 is 0. The first-order valence-corrected chi connectivity index (χ1v) is 6.26. The van der Waals surface area contributed by atoms with E-state index < -0.39 is 0 Å². The fourth-order valence-corrected chi connectivity index (χ4v) is 1.88. The molecule has 0 unspecified atom stereocenters.